The summed E-state index contributed by atoms with van der Waals surface area (Å²) in [7, 11) is 0. The Hall–Kier alpha value is -2.61. The van der Waals surface area contributed by atoms with Gasteiger partial charge in [-0.1, -0.05) is 24.0 Å². The summed E-state index contributed by atoms with van der Waals surface area (Å²) >= 11 is 0. The van der Waals surface area contributed by atoms with Crippen molar-refractivity contribution < 1.29 is 13.9 Å². The van der Waals surface area contributed by atoms with E-state index in [0.717, 1.165) is 16.5 Å². The average Bonchev–Trinajstić information content (AvgIpc) is 3.04. The monoisotopic (exact) mass is 335 g/mol. The number of rotatable bonds is 5. The lowest BCUT2D eigenvalue weighted by Crippen LogP contribution is -2.07. The van der Waals surface area contributed by atoms with Crippen molar-refractivity contribution in [1.82, 2.24) is 4.98 Å². The quantitative estimate of drug-likeness (QED) is 0.504. The van der Waals surface area contributed by atoms with Gasteiger partial charge in [0.05, 0.1) is 5.56 Å². The third kappa shape index (κ3) is 4.08. The van der Waals surface area contributed by atoms with Crippen LogP contribution in [-0.2, 0) is 9.47 Å². The SMILES string of the molecule is CCOC(OCC)c1cc2cncc(C#Cc3cccc(C)c3)c2o1. The van der Waals surface area contributed by atoms with Gasteiger partial charge >= 0.3 is 0 Å². The van der Waals surface area contributed by atoms with Gasteiger partial charge < -0.3 is 13.9 Å². The first-order valence-electron chi connectivity index (χ1n) is 8.40. The molecule has 0 amide bonds. The van der Waals surface area contributed by atoms with Gasteiger partial charge in [-0.25, -0.2) is 0 Å². The standard InChI is InChI=1S/C21H21NO3/c1-4-23-21(24-5-2)19-12-18-14-22-13-17(20(18)25-19)10-9-16-8-6-7-15(3)11-16/h6-8,11-14,21H,4-5H2,1-3H3. The third-order valence-electron chi connectivity index (χ3n) is 3.67. The van der Waals surface area contributed by atoms with E-state index in [9.17, 15) is 0 Å². The molecule has 0 radical (unpaired) electrons. The number of ether oxygens (including phenoxy) is 2. The van der Waals surface area contributed by atoms with Crippen molar-refractivity contribution in [3.05, 3.63) is 65.2 Å². The summed E-state index contributed by atoms with van der Waals surface area (Å²) in [6.07, 6.45) is 2.96. The number of aromatic nitrogens is 1. The zero-order chi connectivity index (χ0) is 17.6. The molecule has 0 spiro atoms. The molecule has 0 aliphatic heterocycles. The van der Waals surface area contributed by atoms with Crippen LogP contribution in [0.4, 0.5) is 0 Å². The summed E-state index contributed by atoms with van der Waals surface area (Å²) in [5.41, 5.74) is 3.59. The number of fused-ring (bicyclic) bond motifs is 1. The predicted molar refractivity (Wildman–Crippen MR) is 97.2 cm³/mol. The van der Waals surface area contributed by atoms with Crippen molar-refractivity contribution in [2.75, 3.05) is 13.2 Å². The molecule has 0 bridgehead atoms. The third-order valence-corrected chi connectivity index (χ3v) is 3.67. The molecule has 2 aromatic heterocycles. The largest absolute Gasteiger partial charge is 0.454 e. The van der Waals surface area contributed by atoms with E-state index in [1.165, 1.54) is 5.56 Å². The number of hydrogen-bond donors (Lipinski definition) is 0. The number of hydrogen-bond acceptors (Lipinski definition) is 4. The van der Waals surface area contributed by atoms with Crippen LogP contribution < -0.4 is 0 Å². The molecule has 0 aliphatic rings. The Morgan fingerprint density at radius 1 is 1.08 bits per heavy atom. The Balaban J connectivity index is 1.97. The Kier molecular flexibility index (Phi) is 5.49. The van der Waals surface area contributed by atoms with E-state index in [-0.39, 0.29) is 0 Å². The highest BCUT2D eigenvalue weighted by molar-refractivity contribution is 5.82. The topological polar surface area (TPSA) is 44.5 Å². The van der Waals surface area contributed by atoms with E-state index in [0.29, 0.717) is 24.6 Å². The molecule has 0 fully saturated rings. The molecule has 3 aromatic rings. The molecular weight excluding hydrogens is 314 g/mol. The Morgan fingerprint density at radius 2 is 1.88 bits per heavy atom. The fourth-order valence-electron chi connectivity index (χ4n) is 2.56. The van der Waals surface area contributed by atoms with Crippen molar-refractivity contribution in [3.63, 3.8) is 0 Å². The van der Waals surface area contributed by atoms with Gasteiger partial charge in [-0.2, -0.15) is 0 Å². The maximum Gasteiger partial charge on any atom is 0.217 e. The average molecular weight is 335 g/mol. The van der Waals surface area contributed by atoms with Crippen molar-refractivity contribution in [2.24, 2.45) is 0 Å². The molecule has 2 heterocycles. The van der Waals surface area contributed by atoms with Crippen LogP contribution in [-0.4, -0.2) is 18.2 Å². The van der Waals surface area contributed by atoms with Crippen LogP contribution in [0.15, 0.2) is 47.1 Å². The maximum absolute atomic E-state index is 5.99. The van der Waals surface area contributed by atoms with Gasteiger partial charge in [0.1, 0.15) is 0 Å². The van der Waals surface area contributed by atoms with Crippen LogP contribution in [0.3, 0.4) is 0 Å². The van der Waals surface area contributed by atoms with Gasteiger partial charge in [-0.3, -0.25) is 4.98 Å². The second-order valence-corrected chi connectivity index (χ2v) is 5.62. The molecular formula is C21H21NO3. The van der Waals surface area contributed by atoms with Gasteiger partial charge in [0.2, 0.25) is 6.29 Å². The molecule has 0 unspecified atom stereocenters. The molecule has 0 saturated carbocycles. The number of furan rings is 1. The fraction of sp³-hybridized carbons (Fsp3) is 0.286. The van der Waals surface area contributed by atoms with E-state index in [1.807, 2.05) is 51.1 Å². The van der Waals surface area contributed by atoms with Gasteiger partial charge in [-0.15, -0.1) is 0 Å². The number of nitrogens with zero attached hydrogens (tertiary/aromatic N) is 1. The first-order chi connectivity index (χ1) is 12.2. The summed E-state index contributed by atoms with van der Waals surface area (Å²) in [4.78, 5) is 4.26. The van der Waals surface area contributed by atoms with Gasteiger partial charge in [-0.05, 0) is 44.5 Å². The van der Waals surface area contributed by atoms with Crippen molar-refractivity contribution in [1.29, 1.82) is 0 Å². The van der Waals surface area contributed by atoms with Crippen LogP contribution in [0.1, 0.15) is 42.6 Å². The Labute approximate surface area is 147 Å². The lowest BCUT2D eigenvalue weighted by molar-refractivity contribution is -0.150. The number of aryl methyl sites for hydroxylation is 1. The van der Waals surface area contributed by atoms with E-state index in [4.69, 9.17) is 13.9 Å². The van der Waals surface area contributed by atoms with Crippen LogP contribution in [0.2, 0.25) is 0 Å². The number of benzene rings is 1. The Bertz CT molecular complexity index is 912. The molecule has 128 valence electrons. The summed E-state index contributed by atoms with van der Waals surface area (Å²) in [6, 6.07) is 9.98. The van der Waals surface area contributed by atoms with Crippen LogP contribution in [0.5, 0.6) is 0 Å². The molecule has 3 rings (SSSR count). The van der Waals surface area contributed by atoms with Gasteiger partial charge in [0.25, 0.3) is 0 Å². The molecule has 0 aliphatic carbocycles. The summed E-state index contributed by atoms with van der Waals surface area (Å²) in [5, 5.41) is 0.885. The van der Waals surface area contributed by atoms with Gasteiger partial charge in [0, 0.05) is 36.6 Å². The normalized spacial score (nSPS) is 10.9. The van der Waals surface area contributed by atoms with Crippen LogP contribution >= 0.6 is 0 Å². The summed E-state index contributed by atoms with van der Waals surface area (Å²) in [5.74, 6) is 6.96. The van der Waals surface area contributed by atoms with E-state index < -0.39 is 6.29 Å². The molecule has 0 saturated heterocycles. The van der Waals surface area contributed by atoms with E-state index in [2.05, 4.69) is 16.8 Å². The highest BCUT2D eigenvalue weighted by Gasteiger charge is 2.18. The van der Waals surface area contributed by atoms with E-state index >= 15 is 0 Å². The van der Waals surface area contributed by atoms with Crippen molar-refractivity contribution >= 4 is 11.0 Å². The summed E-state index contributed by atoms with van der Waals surface area (Å²) in [6.45, 7) is 6.98. The molecule has 25 heavy (non-hydrogen) atoms. The Morgan fingerprint density at radius 3 is 2.60 bits per heavy atom. The maximum atomic E-state index is 5.99. The molecule has 4 nitrogen and oxygen atoms in total. The second-order valence-electron chi connectivity index (χ2n) is 5.62. The minimum atomic E-state index is -0.514. The highest BCUT2D eigenvalue weighted by Crippen LogP contribution is 2.28. The van der Waals surface area contributed by atoms with E-state index in [1.54, 1.807) is 12.4 Å². The molecule has 0 N–H and O–H groups in total. The lowest BCUT2D eigenvalue weighted by Gasteiger charge is -2.13. The summed E-state index contributed by atoms with van der Waals surface area (Å²) < 4.78 is 17.2. The first-order valence-corrected chi connectivity index (χ1v) is 8.40. The predicted octanol–water partition coefficient (Wildman–Crippen LogP) is 4.61. The number of pyridine rings is 1. The minimum absolute atomic E-state index is 0.514. The molecule has 0 atom stereocenters. The van der Waals surface area contributed by atoms with Gasteiger partial charge in [0.15, 0.2) is 11.3 Å². The molecule has 4 heteroatoms. The molecule has 1 aromatic carbocycles. The van der Waals surface area contributed by atoms with Crippen LogP contribution in [0.25, 0.3) is 11.0 Å². The first kappa shape index (κ1) is 17.2. The van der Waals surface area contributed by atoms with Crippen molar-refractivity contribution in [3.8, 4) is 11.8 Å². The van der Waals surface area contributed by atoms with Crippen LogP contribution in [0, 0.1) is 18.8 Å². The van der Waals surface area contributed by atoms with Crippen molar-refractivity contribution in [2.45, 2.75) is 27.1 Å². The zero-order valence-corrected chi connectivity index (χ0v) is 14.7. The second kappa shape index (κ2) is 7.98. The smallest absolute Gasteiger partial charge is 0.217 e. The highest BCUT2D eigenvalue weighted by atomic mass is 16.7. The fourth-order valence-corrected chi connectivity index (χ4v) is 2.56. The minimum Gasteiger partial charge on any atom is -0.454 e. The zero-order valence-electron chi connectivity index (χ0n) is 14.7. The lowest BCUT2D eigenvalue weighted by atomic mass is 10.1.